The molecule has 0 saturated carbocycles. The third-order valence-electron chi connectivity index (χ3n) is 2.26. The molecule has 14 heavy (non-hydrogen) atoms. The van der Waals surface area contributed by atoms with E-state index in [0.29, 0.717) is 0 Å². The Kier molecular flexibility index (Phi) is 2.60. The van der Waals surface area contributed by atoms with E-state index in [2.05, 4.69) is 0 Å². The summed E-state index contributed by atoms with van der Waals surface area (Å²) in [4.78, 5) is 0. The Morgan fingerprint density at radius 3 is 2.43 bits per heavy atom. The van der Waals surface area contributed by atoms with E-state index in [0.717, 1.165) is 16.9 Å². The second kappa shape index (κ2) is 3.89. The summed E-state index contributed by atoms with van der Waals surface area (Å²) >= 11 is 6.32. The molecule has 0 aliphatic heterocycles. The highest BCUT2D eigenvalue weighted by atomic mass is 35.5. The number of hydrogen-bond donors (Lipinski definition) is 0. The van der Waals surface area contributed by atoms with Crippen molar-refractivity contribution < 1.29 is 4.42 Å². The molecule has 2 heteroatoms. The fraction of sp³-hybridized carbons (Fsp3) is 0.167. The van der Waals surface area contributed by atoms with E-state index in [4.69, 9.17) is 16.0 Å². The van der Waals surface area contributed by atoms with E-state index in [1.54, 1.807) is 6.26 Å². The Bertz CT molecular complexity index is 405. The maximum Gasteiger partial charge on any atom is 0.105 e. The molecule has 0 aliphatic rings. The van der Waals surface area contributed by atoms with Crippen molar-refractivity contribution in [2.45, 2.75) is 12.3 Å². The predicted molar refractivity (Wildman–Crippen MR) is 57.6 cm³/mol. The molecule has 1 heterocycles. The summed E-state index contributed by atoms with van der Waals surface area (Å²) in [5.41, 5.74) is 2.14. The van der Waals surface area contributed by atoms with Gasteiger partial charge in [-0.3, -0.25) is 0 Å². The van der Waals surface area contributed by atoms with Gasteiger partial charge in [-0.05, 0) is 18.6 Å². The molecule has 1 atom stereocenters. The van der Waals surface area contributed by atoms with Crippen LogP contribution in [0.15, 0.2) is 47.1 Å². The Morgan fingerprint density at radius 1 is 1.14 bits per heavy atom. The van der Waals surface area contributed by atoms with Crippen molar-refractivity contribution in [3.63, 3.8) is 0 Å². The van der Waals surface area contributed by atoms with Crippen molar-refractivity contribution >= 4 is 11.6 Å². The molecule has 2 rings (SSSR count). The van der Waals surface area contributed by atoms with Crippen LogP contribution in [0.1, 0.15) is 22.3 Å². The fourth-order valence-electron chi connectivity index (χ4n) is 1.46. The Morgan fingerprint density at radius 2 is 1.86 bits per heavy atom. The van der Waals surface area contributed by atoms with Gasteiger partial charge < -0.3 is 4.42 Å². The summed E-state index contributed by atoms with van der Waals surface area (Å²) in [7, 11) is 0. The minimum absolute atomic E-state index is 0.116. The maximum atomic E-state index is 6.32. The van der Waals surface area contributed by atoms with Gasteiger partial charge >= 0.3 is 0 Å². The summed E-state index contributed by atoms with van der Waals surface area (Å²) in [6.07, 6.45) is 1.67. The van der Waals surface area contributed by atoms with Crippen molar-refractivity contribution in [2.75, 3.05) is 0 Å². The van der Waals surface area contributed by atoms with Crippen LogP contribution >= 0.6 is 11.6 Å². The van der Waals surface area contributed by atoms with E-state index >= 15 is 0 Å². The molecule has 2 aromatic rings. The predicted octanol–water partition coefficient (Wildman–Crippen LogP) is 3.92. The molecule has 1 nitrogen and oxygen atoms in total. The normalized spacial score (nSPS) is 12.7. The average molecular weight is 207 g/mol. The van der Waals surface area contributed by atoms with Crippen LogP contribution in [0.4, 0.5) is 0 Å². The first-order valence-electron chi connectivity index (χ1n) is 4.52. The number of aryl methyl sites for hydroxylation is 1. The molecule has 0 N–H and O–H groups in total. The van der Waals surface area contributed by atoms with Crippen LogP contribution in [0.2, 0.25) is 0 Å². The second-order valence-corrected chi connectivity index (χ2v) is 3.64. The summed E-state index contributed by atoms with van der Waals surface area (Å²) < 4.78 is 5.22. The zero-order valence-electron chi connectivity index (χ0n) is 7.91. The number of benzene rings is 1. The maximum absolute atomic E-state index is 6.32. The number of furan rings is 1. The number of halogens is 1. The van der Waals surface area contributed by atoms with Gasteiger partial charge in [0.15, 0.2) is 0 Å². The molecule has 0 fully saturated rings. The van der Waals surface area contributed by atoms with Crippen LogP contribution < -0.4 is 0 Å². The smallest absolute Gasteiger partial charge is 0.105 e. The van der Waals surface area contributed by atoms with Crippen molar-refractivity contribution in [3.8, 4) is 0 Å². The largest absolute Gasteiger partial charge is 0.469 e. The summed E-state index contributed by atoms with van der Waals surface area (Å²) in [5.74, 6) is 0.883. The van der Waals surface area contributed by atoms with E-state index < -0.39 is 0 Å². The Hall–Kier alpha value is -1.21. The zero-order valence-corrected chi connectivity index (χ0v) is 8.66. The van der Waals surface area contributed by atoms with Gasteiger partial charge in [-0.25, -0.2) is 0 Å². The third-order valence-corrected chi connectivity index (χ3v) is 2.75. The monoisotopic (exact) mass is 206 g/mol. The number of hydrogen-bond acceptors (Lipinski definition) is 1. The molecular formula is C12H11ClO. The molecule has 1 unspecified atom stereocenters. The third kappa shape index (κ3) is 1.68. The highest BCUT2D eigenvalue weighted by Crippen LogP contribution is 2.30. The van der Waals surface area contributed by atoms with Gasteiger partial charge in [-0.15, -0.1) is 11.6 Å². The van der Waals surface area contributed by atoms with Crippen molar-refractivity contribution in [2.24, 2.45) is 0 Å². The lowest BCUT2D eigenvalue weighted by molar-refractivity contribution is 0.530. The SMILES string of the molecule is Cc1occc1C(Cl)c1ccccc1. The lowest BCUT2D eigenvalue weighted by Crippen LogP contribution is -1.92. The first kappa shape index (κ1) is 9.35. The van der Waals surface area contributed by atoms with Gasteiger partial charge in [-0.1, -0.05) is 30.3 Å². The van der Waals surface area contributed by atoms with Gasteiger partial charge in [0.05, 0.1) is 11.6 Å². The van der Waals surface area contributed by atoms with E-state index in [9.17, 15) is 0 Å². The Labute approximate surface area is 88.3 Å². The second-order valence-electron chi connectivity index (χ2n) is 3.21. The minimum Gasteiger partial charge on any atom is -0.469 e. The van der Waals surface area contributed by atoms with Gasteiger partial charge in [0.25, 0.3) is 0 Å². The standard InChI is InChI=1S/C12H11ClO/c1-9-11(7-8-14-9)12(13)10-5-3-2-4-6-10/h2-8,12H,1H3. The minimum atomic E-state index is -0.116. The molecular weight excluding hydrogens is 196 g/mol. The highest BCUT2D eigenvalue weighted by molar-refractivity contribution is 6.22. The summed E-state index contributed by atoms with van der Waals surface area (Å²) in [6.45, 7) is 1.92. The van der Waals surface area contributed by atoms with Crippen LogP contribution in [-0.2, 0) is 0 Å². The molecule has 1 aromatic heterocycles. The molecule has 0 spiro atoms. The first-order chi connectivity index (χ1) is 6.79. The fourth-order valence-corrected chi connectivity index (χ4v) is 1.83. The van der Waals surface area contributed by atoms with Crippen LogP contribution in [0, 0.1) is 6.92 Å². The topological polar surface area (TPSA) is 13.1 Å². The molecule has 0 saturated heterocycles. The van der Waals surface area contributed by atoms with E-state index in [1.807, 2.05) is 43.3 Å². The summed E-state index contributed by atoms with van der Waals surface area (Å²) in [5, 5.41) is -0.116. The molecule has 0 bridgehead atoms. The number of rotatable bonds is 2. The van der Waals surface area contributed by atoms with Crippen LogP contribution in [0.3, 0.4) is 0 Å². The summed E-state index contributed by atoms with van der Waals surface area (Å²) in [6, 6.07) is 11.9. The van der Waals surface area contributed by atoms with E-state index in [-0.39, 0.29) is 5.38 Å². The Balaban J connectivity index is 2.34. The zero-order chi connectivity index (χ0) is 9.97. The van der Waals surface area contributed by atoms with Crippen LogP contribution in [0.25, 0.3) is 0 Å². The van der Waals surface area contributed by atoms with Gasteiger partial charge in [-0.2, -0.15) is 0 Å². The van der Waals surface area contributed by atoms with Crippen LogP contribution in [-0.4, -0.2) is 0 Å². The van der Waals surface area contributed by atoms with Gasteiger partial charge in [0, 0.05) is 5.56 Å². The quantitative estimate of drug-likeness (QED) is 0.679. The van der Waals surface area contributed by atoms with Crippen molar-refractivity contribution in [3.05, 3.63) is 59.5 Å². The molecule has 1 aromatic carbocycles. The lowest BCUT2D eigenvalue weighted by atomic mass is 10.1. The van der Waals surface area contributed by atoms with Gasteiger partial charge in [0.2, 0.25) is 0 Å². The average Bonchev–Trinajstić information content (AvgIpc) is 2.65. The van der Waals surface area contributed by atoms with E-state index in [1.165, 1.54) is 0 Å². The number of alkyl halides is 1. The van der Waals surface area contributed by atoms with Crippen molar-refractivity contribution in [1.82, 2.24) is 0 Å². The molecule has 72 valence electrons. The molecule has 0 radical (unpaired) electrons. The van der Waals surface area contributed by atoms with Crippen LogP contribution in [0.5, 0.6) is 0 Å². The van der Waals surface area contributed by atoms with Crippen molar-refractivity contribution in [1.29, 1.82) is 0 Å². The molecule has 0 aliphatic carbocycles. The first-order valence-corrected chi connectivity index (χ1v) is 4.95. The molecule has 0 amide bonds. The van der Waals surface area contributed by atoms with Gasteiger partial charge in [0.1, 0.15) is 5.76 Å². The lowest BCUT2D eigenvalue weighted by Gasteiger charge is -2.07. The highest BCUT2D eigenvalue weighted by Gasteiger charge is 2.14.